The normalized spacial score (nSPS) is 12.3. The largest absolute Gasteiger partial charge is 0.479 e. The van der Waals surface area contributed by atoms with Gasteiger partial charge in [-0.05, 0) is 44.1 Å². The topological polar surface area (TPSA) is 102 Å². The van der Waals surface area contributed by atoms with Gasteiger partial charge in [-0.15, -0.1) is 0 Å². The minimum absolute atomic E-state index is 0.411. The Bertz CT molecular complexity index is 1150. The number of rotatable bonds is 15. The highest BCUT2D eigenvalue weighted by atomic mass is 16.5. The van der Waals surface area contributed by atoms with E-state index in [1.165, 1.54) is 6.08 Å². The van der Waals surface area contributed by atoms with E-state index in [1.807, 2.05) is 70.2 Å². The summed E-state index contributed by atoms with van der Waals surface area (Å²) in [5.74, 6) is 1.37. The van der Waals surface area contributed by atoms with Crippen molar-refractivity contribution in [3.05, 3.63) is 96.8 Å². The molecule has 1 aromatic carbocycles. The Morgan fingerprint density at radius 2 is 2.00 bits per heavy atom. The zero-order valence-electron chi connectivity index (χ0n) is 22.8. The maximum atomic E-state index is 11.5. The molecule has 8 nitrogen and oxygen atoms in total. The third-order valence-electron chi connectivity index (χ3n) is 5.46. The number of carboxylic acids is 1. The number of hydrogen-bond donors (Lipinski definition) is 1. The van der Waals surface area contributed by atoms with E-state index in [1.54, 1.807) is 18.5 Å². The summed E-state index contributed by atoms with van der Waals surface area (Å²) in [6, 6.07) is 9.78. The molecular formula is C30H39N3O5. The Hall–Kier alpha value is -3.91. The van der Waals surface area contributed by atoms with Gasteiger partial charge >= 0.3 is 5.97 Å². The van der Waals surface area contributed by atoms with Crippen molar-refractivity contribution in [2.75, 3.05) is 6.54 Å². The molecule has 0 spiro atoms. The van der Waals surface area contributed by atoms with E-state index in [9.17, 15) is 9.90 Å². The van der Waals surface area contributed by atoms with E-state index in [-0.39, 0.29) is 0 Å². The summed E-state index contributed by atoms with van der Waals surface area (Å²) >= 11 is 0. The van der Waals surface area contributed by atoms with Crippen LogP contribution in [0.15, 0.2) is 88.3 Å². The van der Waals surface area contributed by atoms with Crippen LogP contribution in [0.1, 0.15) is 57.4 Å². The molecule has 0 saturated heterocycles. The minimum Gasteiger partial charge on any atom is -0.479 e. The number of hydrogen-bond acceptors (Lipinski definition) is 7. The molecule has 8 heteroatoms. The van der Waals surface area contributed by atoms with Crippen molar-refractivity contribution in [2.45, 2.75) is 66.2 Å². The number of aromatic nitrogens is 2. The lowest BCUT2D eigenvalue weighted by Crippen LogP contribution is -2.24. The number of unbranched alkanes of at least 4 members (excludes halogenated alkanes) is 1. The molecule has 0 bridgehead atoms. The maximum Gasteiger partial charge on any atom is 0.344 e. The van der Waals surface area contributed by atoms with Crippen molar-refractivity contribution < 1.29 is 23.5 Å². The Morgan fingerprint density at radius 1 is 1.24 bits per heavy atom. The second-order valence-corrected chi connectivity index (χ2v) is 8.27. The van der Waals surface area contributed by atoms with Crippen molar-refractivity contribution in [3.8, 4) is 11.5 Å². The first-order valence-corrected chi connectivity index (χ1v) is 13.0. The first-order valence-electron chi connectivity index (χ1n) is 13.0. The van der Waals surface area contributed by atoms with Gasteiger partial charge in [-0.1, -0.05) is 64.1 Å². The molecule has 3 rings (SSSR count). The zero-order valence-corrected chi connectivity index (χ0v) is 22.8. The van der Waals surface area contributed by atoms with E-state index in [0.717, 1.165) is 29.9 Å². The fraction of sp³-hybridized carbons (Fsp3) is 0.367. The Kier molecular flexibility index (Phi) is 13.4. The van der Waals surface area contributed by atoms with Gasteiger partial charge in [0.25, 0.3) is 0 Å². The molecule has 0 amide bonds. The molecule has 0 radical (unpaired) electrons. The average Bonchev–Trinajstić information content (AvgIpc) is 3.58. The highest BCUT2D eigenvalue weighted by Crippen LogP contribution is 2.22. The predicted octanol–water partition coefficient (Wildman–Crippen LogP) is 6.95. The summed E-state index contributed by atoms with van der Waals surface area (Å²) in [6.45, 7) is 13.2. The van der Waals surface area contributed by atoms with Gasteiger partial charge < -0.3 is 18.7 Å². The molecule has 38 heavy (non-hydrogen) atoms. The van der Waals surface area contributed by atoms with Crippen LogP contribution in [0, 0.1) is 6.92 Å². The van der Waals surface area contributed by atoms with Crippen LogP contribution in [0.2, 0.25) is 0 Å². The molecule has 0 fully saturated rings. The van der Waals surface area contributed by atoms with Crippen molar-refractivity contribution in [2.24, 2.45) is 0 Å². The molecule has 0 saturated carbocycles. The number of aryl methyl sites for hydroxylation is 1. The number of allylic oxidation sites excluding steroid dienone is 3. The quantitative estimate of drug-likeness (QED) is 0.169. The van der Waals surface area contributed by atoms with Crippen LogP contribution in [0.3, 0.4) is 0 Å². The van der Waals surface area contributed by atoms with Gasteiger partial charge in [0.15, 0.2) is 6.10 Å². The highest BCUT2D eigenvalue weighted by Gasteiger charge is 2.19. The number of ether oxygens (including phenoxy) is 1. The molecule has 0 aliphatic rings. The second-order valence-electron chi connectivity index (χ2n) is 8.27. The van der Waals surface area contributed by atoms with Gasteiger partial charge in [-0.3, -0.25) is 4.90 Å². The maximum absolute atomic E-state index is 11.5. The van der Waals surface area contributed by atoms with Crippen molar-refractivity contribution in [1.29, 1.82) is 0 Å². The van der Waals surface area contributed by atoms with Crippen LogP contribution >= 0.6 is 0 Å². The van der Waals surface area contributed by atoms with Crippen LogP contribution in [0.5, 0.6) is 0 Å². The Balaban J connectivity index is 0.00000247. The standard InChI is InChI=1S/C28H33N3O5.C2H6/c1-4-6-15-25(28(32)33)36-23(5-2)14-10-11-17-31(20-26-29-16-18-34-26)19-24-21(3)35-27(30-24)22-12-8-7-9-13-22;1-2/h5,7-14,16,18,25H,2,4,6,15,17,19-20H2,1,3H3,(H,32,33);1-2H3/b11-10+,23-14+;. The summed E-state index contributed by atoms with van der Waals surface area (Å²) in [5.41, 5.74) is 1.76. The van der Waals surface area contributed by atoms with Gasteiger partial charge in [0, 0.05) is 18.7 Å². The molecule has 2 aromatic heterocycles. The fourth-order valence-corrected chi connectivity index (χ4v) is 3.51. The number of benzene rings is 1. The SMILES string of the molecule is C=C/C(=C\C=C\CN(Cc1ncco1)Cc1nc(-c2ccccc2)oc1C)OC(CCCC)C(=O)O.CC. The van der Waals surface area contributed by atoms with Crippen LogP contribution in [-0.2, 0) is 22.6 Å². The summed E-state index contributed by atoms with van der Waals surface area (Å²) in [4.78, 5) is 22.5. The fourth-order valence-electron chi connectivity index (χ4n) is 3.51. The van der Waals surface area contributed by atoms with E-state index in [4.69, 9.17) is 18.6 Å². The third kappa shape index (κ3) is 9.86. The minimum atomic E-state index is -0.977. The van der Waals surface area contributed by atoms with E-state index >= 15 is 0 Å². The molecule has 1 N–H and O–H groups in total. The van der Waals surface area contributed by atoms with Gasteiger partial charge in [-0.2, -0.15) is 0 Å². The van der Waals surface area contributed by atoms with Crippen LogP contribution in [0.4, 0.5) is 0 Å². The summed E-state index contributed by atoms with van der Waals surface area (Å²) < 4.78 is 17.0. The number of aliphatic carboxylic acids is 1. The Labute approximate surface area is 225 Å². The van der Waals surface area contributed by atoms with Gasteiger partial charge in [0.1, 0.15) is 17.8 Å². The van der Waals surface area contributed by atoms with E-state index in [0.29, 0.717) is 43.6 Å². The smallest absolute Gasteiger partial charge is 0.344 e. The third-order valence-corrected chi connectivity index (χ3v) is 5.46. The van der Waals surface area contributed by atoms with Crippen molar-refractivity contribution >= 4 is 5.97 Å². The molecule has 0 aliphatic carbocycles. The number of carbonyl (C=O) groups is 1. The lowest BCUT2D eigenvalue weighted by molar-refractivity contribution is -0.148. The van der Waals surface area contributed by atoms with Crippen molar-refractivity contribution in [1.82, 2.24) is 14.9 Å². The molecule has 204 valence electrons. The zero-order chi connectivity index (χ0) is 27.8. The monoisotopic (exact) mass is 521 g/mol. The number of oxazole rings is 2. The van der Waals surface area contributed by atoms with Crippen LogP contribution < -0.4 is 0 Å². The summed E-state index contributed by atoms with van der Waals surface area (Å²) in [5, 5.41) is 9.41. The number of carboxylic acid groups (broad SMARTS) is 1. The van der Waals surface area contributed by atoms with E-state index < -0.39 is 12.1 Å². The lowest BCUT2D eigenvalue weighted by Gasteiger charge is -2.18. The van der Waals surface area contributed by atoms with Crippen LogP contribution in [-0.4, -0.2) is 38.6 Å². The predicted molar refractivity (Wildman–Crippen MR) is 148 cm³/mol. The highest BCUT2D eigenvalue weighted by molar-refractivity contribution is 5.72. The molecule has 3 aromatic rings. The second kappa shape index (κ2) is 16.8. The van der Waals surface area contributed by atoms with Crippen LogP contribution in [0.25, 0.3) is 11.5 Å². The molecular weight excluding hydrogens is 482 g/mol. The molecule has 2 heterocycles. The van der Waals surface area contributed by atoms with E-state index in [2.05, 4.69) is 16.5 Å². The van der Waals surface area contributed by atoms with Gasteiger partial charge in [0.2, 0.25) is 11.8 Å². The van der Waals surface area contributed by atoms with Crippen molar-refractivity contribution in [3.63, 3.8) is 0 Å². The molecule has 1 atom stereocenters. The first-order chi connectivity index (χ1) is 18.5. The molecule has 1 unspecified atom stereocenters. The Morgan fingerprint density at radius 3 is 2.63 bits per heavy atom. The summed E-state index contributed by atoms with van der Waals surface area (Å²) in [7, 11) is 0. The first kappa shape index (κ1) is 30.3. The summed E-state index contributed by atoms with van der Waals surface area (Å²) in [6.07, 6.45) is 11.4. The lowest BCUT2D eigenvalue weighted by atomic mass is 10.1. The van der Waals surface area contributed by atoms with Gasteiger partial charge in [0.05, 0.1) is 18.4 Å². The van der Waals surface area contributed by atoms with Gasteiger partial charge in [-0.25, -0.2) is 14.8 Å². The average molecular weight is 522 g/mol. The molecule has 0 aliphatic heterocycles. The number of nitrogens with zero attached hydrogens (tertiary/aromatic N) is 3.